The summed E-state index contributed by atoms with van der Waals surface area (Å²) in [7, 11) is 0. The summed E-state index contributed by atoms with van der Waals surface area (Å²) in [4.78, 5) is 16.0. The zero-order chi connectivity index (χ0) is 14.7. The Kier molecular flexibility index (Phi) is 4.39. The van der Waals surface area contributed by atoms with Crippen molar-refractivity contribution < 1.29 is 9.18 Å². The summed E-state index contributed by atoms with van der Waals surface area (Å²) in [5.74, 6) is 0.00351. The molecule has 1 aliphatic heterocycles. The van der Waals surface area contributed by atoms with Gasteiger partial charge in [0.2, 0.25) is 5.91 Å². The van der Waals surface area contributed by atoms with Gasteiger partial charge in [0, 0.05) is 45.2 Å². The van der Waals surface area contributed by atoms with E-state index in [-0.39, 0.29) is 11.7 Å². The van der Waals surface area contributed by atoms with E-state index in [1.807, 2.05) is 12.1 Å². The molecule has 4 nitrogen and oxygen atoms in total. The van der Waals surface area contributed by atoms with E-state index in [2.05, 4.69) is 15.1 Å². The minimum atomic E-state index is -0.158. The molecule has 0 unspecified atom stereocenters. The van der Waals surface area contributed by atoms with Crippen LogP contribution in [0.2, 0.25) is 0 Å². The Morgan fingerprint density at radius 1 is 1.19 bits per heavy atom. The Bertz CT molecular complexity index is 496. The molecule has 1 N–H and O–H groups in total. The molecule has 1 heterocycles. The second-order valence-corrected chi connectivity index (χ2v) is 5.87. The van der Waals surface area contributed by atoms with Crippen LogP contribution in [0.25, 0.3) is 0 Å². The lowest BCUT2D eigenvalue weighted by Gasteiger charge is -2.36. The number of carbonyl (C=O) groups excluding carboxylic acids is 1. The second kappa shape index (κ2) is 6.43. The van der Waals surface area contributed by atoms with E-state index >= 15 is 0 Å². The molecule has 1 aromatic rings. The molecule has 21 heavy (non-hydrogen) atoms. The standard InChI is InChI=1S/C16H22FN3O/c17-14-3-1-2-4-15(14)20-11-9-19(10-12-20)8-7-16(21)18-13-5-6-13/h1-4,13H,5-12H2,(H,18,21). The number of amides is 1. The molecule has 0 aromatic heterocycles. The highest BCUT2D eigenvalue weighted by molar-refractivity contribution is 5.76. The van der Waals surface area contributed by atoms with Crippen LogP contribution in [0.1, 0.15) is 19.3 Å². The van der Waals surface area contributed by atoms with Crippen molar-refractivity contribution in [1.29, 1.82) is 0 Å². The van der Waals surface area contributed by atoms with Crippen molar-refractivity contribution in [2.45, 2.75) is 25.3 Å². The number of halogens is 1. The molecule has 0 atom stereocenters. The first-order valence-electron chi connectivity index (χ1n) is 7.73. The van der Waals surface area contributed by atoms with Crippen molar-refractivity contribution in [3.05, 3.63) is 30.1 Å². The van der Waals surface area contributed by atoms with Gasteiger partial charge in [-0.3, -0.25) is 9.69 Å². The molecule has 114 valence electrons. The molecule has 0 spiro atoms. The van der Waals surface area contributed by atoms with E-state index < -0.39 is 0 Å². The average molecular weight is 291 g/mol. The average Bonchev–Trinajstić information content (AvgIpc) is 3.30. The molecule has 1 aromatic carbocycles. The Hall–Kier alpha value is -1.62. The smallest absolute Gasteiger partial charge is 0.221 e. The maximum atomic E-state index is 13.7. The monoisotopic (exact) mass is 291 g/mol. The van der Waals surface area contributed by atoms with E-state index in [9.17, 15) is 9.18 Å². The highest BCUT2D eigenvalue weighted by Crippen LogP contribution is 2.20. The molecule has 3 rings (SSSR count). The third kappa shape index (κ3) is 3.94. The second-order valence-electron chi connectivity index (χ2n) is 5.87. The van der Waals surface area contributed by atoms with Gasteiger partial charge in [0.1, 0.15) is 5.82 Å². The number of benzene rings is 1. The summed E-state index contributed by atoms with van der Waals surface area (Å²) in [6.45, 7) is 4.18. The largest absolute Gasteiger partial charge is 0.367 e. The fourth-order valence-corrected chi connectivity index (χ4v) is 2.71. The summed E-state index contributed by atoms with van der Waals surface area (Å²) < 4.78 is 13.7. The fourth-order valence-electron chi connectivity index (χ4n) is 2.71. The predicted molar refractivity (Wildman–Crippen MR) is 80.8 cm³/mol. The highest BCUT2D eigenvalue weighted by atomic mass is 19.1. The van der Waals surface area contributed by atoms with E-state index in [1.165, 1.54) is 6.07 Å². The van der Waals surface area contributed by atoms with Gasteiger partial charge in [0.25, 0.3) is 0 Å². The first kappa shape index (κ1) is 14.3. The molecule has 2 aliphatic rings. The van der Waals surface area contributed by atoms with Gasteiger partial charge < -0.3 is 10.2 Å². The van der Waals surface area contributed by atoms with Crippen molar-refractivity contribution in [2.24, 2.45) is 0 Å². The molecular weight excluding hydrogens is 269 g/mol. The molecule has 1 aliphatic carbocycles. The molecular formula is C16H22FN3O. The summed E-state index contributed by atoms with van der Waals surface area (Å²) in [6, 6.07) is 7.36. The lowest BCUT2D eigenvalue weighted by atomic mass is 10.2. The Balaban J connectivity index is 1.42. The van der Waals surface area contributed by atoms with Crippen LogP contribution < -0.4 is 10.2 Å². The minimum Gasteiger partial charge on any atom is -0.367 e. The number of carbonyl (C=O) groups is 1. The number of piperazine rings is 1. The maximum Gasteiger partial charge on any atom is 0.221 e. The highest BCUT2D eigenvalue weighted by Gasteiger charge is 2.24. The van der Waals surface area contributed by atoms with Gasteiger partial charge in [-0.05, 0) is 25.0 Å². The van der Waals surface area contributed by atoms with Crippen molar-refractivity contribution in [3.63, 3.8) is 0 Å². The van der Waals surface area contributed by atoms with E-state index in [1.54, 1.807) is 6.07 Å². The third-order valence-corrected chi connectivity index (χ3v) is 4.16. The fraction of sp³-hybridized carbons (Fsp3) is 0.562. The van der Waals surface area contributed by atoms with Crippen LogP contribution in [0, 0.1) is 5.82 Å². The lowest BCUT2D eigenvalue weighted by molar-refractivity contribution is -0.121. The number of nitrogens with one attached hydrogen (secondary N) is 1. The summed E-state index contributed by atoms with van der Waals surface area (Å²) in [6.07, 6.45) is 2.83. The zero-order valence-electron chi connectivity index (χ0n) is 12.2. The predicted octanol–water partition coefficient (Wildman–Crippen LogP) is 1.62. The molecule has 0 radical (unpaired) electrons. The number of nitrogens with zero attached hydrogens (tertiary/aromatic N) is 2. The van der Waals surface area contributed by atoms with Crippen LogP contribution in [0.15, 0.2) is 24.3 Å². The Morgan fingerprint density at radius 2 is 1.90 bits per heavy atom. The number of para-hydroxylation sites is 1. The van der Waals surface area contributed by atoms with Crippen molar-refractivity contribution in [2.75, 3.05) is 37.6 Å². The molecule has 0 bridgehead atoms. The summed E-state index contributed by atoms with van der Waals surface area (Å²) in [5.41, 5.74) is 0.684. The molecule has 1 amide bonds. The van der Waals surface area contributed by atoms with Crippen LogP contribution in [-0.2, 0) is 4.79 Å². The summed E-state index contributed by atoms with van der Waals surface area (Å²) in [5, 5.41) is 3.01. The third-order valence-electron chi connectivity index (χ3n) is 4.16. The van der Waals surface area contributed by atoms with Crippen molar-refractivity contribution in [1.82, 2.24) is 10.2 Å². The summed E-state index contributed by atoms with van der Waals surface area (Å²) >= 11 is 0. The van der Waals surface area contributed by atoms with Gasteiger partial charge in [-0.2, -0.15) is 0 Å². The quantitative estimate of drug-likeness (QED) is 0.895. The van der Waals surface area contributed by atoms with Gasteiger partial charge in [0.15, 0.2) is 0 Å². The van der Waals surface area contributed by atoms with Crippen LogP contribution in [0.5, 0.6) is 0 Å². The van der Waals surface area contributed by atoms with E-state index in [4.69, 9.17) is 0 Å². The molecule has 1 saturated carbocycles. The molecule has 2 fully saturated rings. The first-order chi connectivity index (χ1) is 10.2. The van der Waals surface area contributed by atoms with E-state index in [0.29, 0.717) is 18.2 Å². The number of hydrogen-bond acceptors (Lipinski definition) is 3. The van der Waals surface area contributed by atoms with E-state index in [0.717, 1.165) is 45.6 Å². The van der Waals surface area contributed by atoms with Gasteiger partial charge >= 0.3 is 0 Å². The lowest BCUT2D eigenvalue weighted by Crippen LogP contribution is -2.47. The maximum absolute atomic E-state index is 13.7. The molecule has 5 heteroatoms. The normalized spacial score (nSPS) is 19.6. The van der Waals surface area contributed by atoms with Gasteiger partial charge in [0.05, 0.1) is 5.69 Å². The number of hydrogen-bond donors (Lipinski definition) is 1. The van der Waals surface area contributed by atoms with Gasteiger partial charge in [-0.1, -0.05) is 12.1 Å². The van der Waals surface area contributed by atoms with Crippen LogP contribution >= 0.6 is 0 Å². The van der Waals surface area contributed by atoms with Crippen molar-refractivity contribution >= 4 is 11.6 Å². The Labute approximate surface area is 124 Å². The SMILES string of the molecule is O=C(CCN1CCN(c2ccccc2F)CC1)NC1CC1. The van der Waals surface area contributed by atoms with Gasteiger partial charge in [-0.25, -0.2) is 4.39 Å². The van der Waals surface area contributed by atoms with Crippen LogP contribution in [0.3, 0.4) is 0 Å². The number of anilines is 1. The number of rotatable bonds is 5. The topological polar surface area (TPSA) is 35.6 Å². The van der Waals surface area contributed by atoms with Crippen molar-refractivity contribution in [3.8, 4) is 0 Å². The first-order valence-corrected chi connectivity index (χ1v) is 7.73. The van der Waals surface area contributed by atoms with Gasteiger partial charge in [-0.15, -0.1) is 0 Å². The Morgan fingerprint density at radius 3 is 2.57 bits per heavy atom. The van der Waals surface area contributed by atoms with Crippen LogP contribution in [0.4, 0.5) is 10.1 Å². The minimum absolute atomic E-state index is 0.158. The zero-order valence-corrected chi connectivity index (χ0v) is 12.2. The molecule has 1 saturated heterocycles. The van der Waals surface area contributed by atoms with Crippen LogP contribution in [-0.4, -0.2) is 49.6 Å².